The summed E-state index contributed by atoms with van der Waals surface area (Å²) < 4.78 is 19.5. The summed E-state index contributed by atoms with van der Waals surface area (Å²) in [7, 11) is -0.403. The van der Waals surface area contributed by atoms with Crippen molar-refractivity contribution in [1.82, 2.24) is 15.1 Å². The third-order valence-electron chi connectivity index (χ3n) is 5.70. The maximum Gasteiger partial charge on any atom is 0.498 e. The maximum absolute atomic E-state index is 11.8. The first kappa shape index (κ1) is 20.2. The molecule has 150 valence electrons. The van der Waals surface area contributed by atoms with Crippen LogP contribution in [-0.2, 0) is 19.6 Å². The Bertz CT molecular complexity index is 688. The van der Waals surface area contributed by atoms with Crippen LogP contribution in [0, 0.1) is 0 Å². The van der Waals surface area contributed by atoms with Crippen molar-refractivity contribution in [3.8, 4) is 0 Å². The molecule has 8 heteroatoms. The van der Waals surface area contributed by atoms with Crippen molar-refractivity contribution < 1.29 is 18.8 Å². The number of nitrogens with one attached hydrogen (secondary N) is 1. The molecule has 0 spiro atoms. The molecule has 1 aromatic rings. The largest absolute Gasteiger partial charge is 0.498 e. The zero-order chi connectivity index (χ0) is 20.1. The molecule has 1 aromatic heterocycles. The number of ether oxygens (including phenoxy) is 1. The van der Waals surface area contributed by atoms with Crippen LogP contribution in [0.25, 0.3) is 0 Å². The van der Waals surface area contributed by atoms with Gasteiger partial charge in [0.1, 0.15) is 5.60 Å². The average Bonchev–Trinajstić information content (AvgIpc) is 3.02. The van der Waals surface area contributed by atoms with Crippen molar-refractivity contribution in [3.05, 3.63) is 12.4 Å². The predicted octanol–water partition coefficient (Wildman–Crippen LogP) is 2.59. The van der Waals surface area contributed by atoms with Crippen LogP contribution in [-0.4, -0.2) is 46.3 Å². The molecule has 1 N–H and O–H groups in total. The van der Waals surface area contributed by atoms with Crippen LogP contribution in [0.3, 0.4) is 0 Å². The smallest absolute Gasteiger partial charge is 0.444 e. The minimum Gasteiger partial charge on any atom is -0.444 e. The van der Waals surface area contributed by atoms with Crippen molar-refractivity contribution in [2.45, 2.75) is 90.1 Å². The van der Waals surface area contributed by atoms with Crippen molar-refractivity contribution in [1.29, 1.82) is 0 Å². The Morgan fingerprint density at radius 1 is 1.26 bits per heavy atom. The van der Waals surface area contributed by atoms with Gasteiger partial charge in [-0.05, 0) is 67.7 Å². The number of hydrogen-bond donors (Lipinski definition) is 1. The Kier molecular flexibility index (Phi) is 4.88. The molecule has 3 rings (SSSR count). The van der Waals surface area contributed by atoms with E-state index in [2.05, 4.69) is 10.4 Å². The molecule has 1 aliphatic heterocycles. The van der Waals surface area contributed by atoms with Crippen molar-refractivity contribution in [3.63, 3.8) is 0 Å². The molecule has 0 unspecified atom stereocenters. The van der Waals surface area contributed by atoms with E-state index in [1.807, 2.05) is 65.5 Å². The minimum atomic E-state index is -0.485. The maximum atomic E-state index is 11.8. The van der Waals surface area contributed by atoms with Gasteiger partial charge in [-0.3, -0.25) is 4.68 Å². The van der Waals surface area contributed by atoms with E-state index in [-0.39, 0.29) is 22.8 Å². The van der Waals surface area contributed by atoms with E-state index in [4.69, 9.17) is 14.0 Å². The summed E-state index contributed by atoms with van der Waals surface area (Å²) in [4.78, 5) is 11.8. The molecule has 27 heavy (non-hydrogen) atoms. The minimum absolute atomic E-state index is 0.0309. The van der Waals surface area contributed by atoms with Crippen LogP contribution in [0.15, 0.2) is 12.4 Å². The molecule has 1 saturated heterocycles. The molecule has 2 heterocycles. The standard InChI is InChI=1S/C19H32BN3O4/c1-16(2,3)25-15(24)21-11-10-19(8-9-19)23-13-14(12-22-23)20-26-17(4,5)18(6,7)27-20/h12-13H,8-11H2,1-7H3,(H,21,24). The molecule has 1 amide bonds. The Morgan fingerprint density at radius 2 is 1.85 bits per heavy atom. The van der Waals surface area contributed by atoms with E-state index in [0.717, 1.165) is 24.7 Å². The highest BCUT2D eigenvalue weighted by Gasteiger charge is 2.53. The SMILES string of the molecule is CC(C)(C)OC(=O)NCCC1(n2cc(B3OC(C)(C)C(C)(C)O3)cn2)CC1. The van der Waals surface area contributed by atoms with Crippen LogP contribution in [0.5, 0.6) is 0 Å². The first-order chi connectivity index (χ1) is 12.3. The van der Waals surface area contributed by atoms with Crippen LogP contribution >= 0.6 is 0 Å². The van der Waals surface area contributed by atoms with Crippen LogP contribution in [0.2, 0.25) is 0 Å². The van der Waals surface area contributed by atoms with Crippen molar-refractivity contribution >= 4 is 18.7 Å². The lowest BCUT2D eigenvalue weighted by atomic mass is 9.82. The highest BCUT2D eigenvalue weighted by atomic mass is 16.7. The zero-order valence-electron chi connectivity index (χ0n) is 17.6. The van der Waals surface area contributed by atoms with Gasteiger partial charge in [0, 0.05) is 24.4 Å². The van der Waals surface area contributed by atoms with E-state index >= 15 is 0 Å². The van der Waals surface area contributed by atoms with Gasteiger partial charge < -0.3 is 19.4 Å². The third-order valence-corrected chi connectivity index (χ3v) is 5.70. The summed E-state index contributed by atoms with van der Waals surface area (Å²) in [5.41, 5.74) is -0.319. The first-order valence-corrected chi connectivity index (χ1v) is 9.71. The van der Waals surface area contributed by atoms with Crippen LogP contribution < -0.4 is 10.8 Å². The molecule has 2 aliphatic rings. The van der Waals surface area contributed by atoms with Crippen molar-refractivity contribution in [2.24, 2.45) is 0 Å². The highest BCUT2D eigenvalue weighted by Crippen LogP contribution is 2.45. The number of aromatic nitrogens is 2. The number of amides is 1. The number of hydrogen-bond acceptors (Lipinski definition) is 5. The predicted molar refractivity (Wildman–Crippen MR) is 104 cm³/mol. The number of nitrogens with zero attached hydrogens (tertiary/aromatic N) is 2. The normalized spacial score (nSPS) is 22.6. The summed E-state index contributed by atoms with van der Waals surface area (Å²) in [5, 5.41) is 7.40. The van der Waals surface area contributed by atoms with Gasteiger partial charge in [-0.2, -0.15) is 5.10 Å². The van der Waals surface area contributed by atoms with E-state index in [1.54, 1.807) is 0 Å². The number of carbonyl (C=O) groups excluding carboxylic acids is 1. The molecule has 1 aliphatic carbocycles. The summed E-state index contributed by atoms with van der Waals surface area (Å²) >= 11 is 0. The molecule has 0 atom stereocenters. The number of rotatable bonds is 5. The quantitative estimate of drug-likeness (QED) is 0.799. The van der Waals surface area contributed by atoms with Gasteiger partial charge in [0.05, 0.1) is 16.7 Å². The molecule has 7 nitrogen and oxygen atoms in total. The second kappa shape index (κ2) is 6.52. The number of carbonyl (C=O) groups is 1. The molecule has 0 bridgehead atoms. The molecule has 2 fully saturated rings. The van der Waals surface area contributed by atoms with Gasteiger partial charge in [0.15, 0.2) is 0 Å². The van der Waals surface area contributed by atoms with Gasteiger partial charge in [-0.25, -0.2) is 4.79 Å². The van der Waals surface area contributed by atoms with E-state index in [9.17, 15) is 4.79 Å². The summed E-state index contributed by atoms with van der Waals surface area (Å²) in [6.07, 6.45) is 6.38. The van der Waals surface area contributed by atoms with Crippen LogP contribution in [0.4, 0.5) is 4.79 Å². The number of alkyl carbamates (subject to hydrolysis) is 1. The molecular formula is C19H32BN3O4. The fourth-order valence-electron chi connectivity index (χ4n) is 3.15. The monoisotopic (exact) mass is 377 g/mol. The van der Waals surface area contributed by atoms with Crippen LogP contribution in [0.1, 0.15) is 67.7 Å². The Morgan fingerprint density at radius 3 is 2.37 bits per heavy atom. The summed E-state index contributed by atoms with van der Waals surface area (Å²) in [6, 6.07) is 0. The van der Waals surface area contributed by atoms with E-state index in [0.29, 0.717) is 6.54 Å². The fraction of sp³-hybridized carbons (Fsp3) is 0.789. The van der Waals surface area contributed by atoms with E-state index < -0.39 is 12.7 Å². The van der Waals surface area contributed by atoms with Gasteiger partial charge in [0.25, 0.3) is 0 Å². The lowest BCUT2D eigenvalue weighted by molar-refractivity contribution is 0.00578. The van der Waals surface area contributed by atoms with Gasteiger partial charge in [-0.15, -0.1) is 0 Å². The van der Waals surface area contributed by atoms with Gasteiger partial charge >= 0.3 is 13.2 Å². The first-order valence-electron chi connectivity index (χ1n) is 9.71. The topological polar surface area (TPSA) is 74.6 Å². The summed E-state index contributed by atoms with van der Waals surface area (Å²) in [6.45, 7) is 14.3. The molecule has 1 saturated carbocycles. The molecular weight excluding hydrogens is 345 g/mol. The fourth-order valence-corrected chi connectivity index (χ4v) is 3.15. The zero-order valence-corrected chi connectivity index (χ0v) is 17.6. The molecule has 0 radical (unpaired) electrons. The van der Waals surface area contributed by atoms with Gasteiger partial charge in [0.2, 0.25) is 0 Å². The Labute approximate surface area is 162 Å². The Balaban J connectivity index is 1.58. The Hall–Kier alpha value is -1.54. The van der Waals surface area contributed by atoms with Gasteiger partial charge in [-0.1, -0.05) is 0 Å². The van der Waals surface area contributed by atoms with Crippen molar-refractivity contribution in [2.75, 3.05) is 6.54 Å². The van der Waals surface area contributed by atoms with E-state index in [1.165, 1.54) is 0 Å². The second-order valence-corrected chi connectivity index (χ2v) is 9.71. The third kappa shape index (κ3) is 4.32. The lowest BCUT2D eigenvalue weighted by Gasteiger charge is -2.32. The lowest BCUT2D eigenvalue weighted by Crippen LogP contribution is -2.41. The average molecular weight is 377 g/mol. The molecule has 0 aromatic carbocycles. The highest BCUT2D eigenvalue weighted by molar-refractivity contribution is 6.62. The second-order valence-electron chi connectivity index (χ2n) is 9.71. The summed E-state index contributed by atoms with van der Waals surface area (Å²) in [5.74, 6) is 0.